The lowest BCUT2D eigenvalue weighted by atomic mass is 9.97. The Morgan fingerprint density at radius 3 is 2.60 bits per heavy atom. The van der Waals surface area contributed by atoms with Gasteiger partial charge in [-0.1, -0.05) is 54.6 Å². The molecule has 0 aliphatic carbocycles. The van der Waals surface area contributed by atoms with Gasteiger partial charge in [-0.05, 0) is 17.5 Å². The summed E-state index contributed by atoms with van der Waals surface area (Å²) in [7, 11) is 0. The van der Waals surface area contributed by atoms with E-state index in [1.165, 1.54) is 4.88 Å². The first kappa shape index (κ1) is 15.8. The van der Waals surface area contributed by atoms with Crippen molar-refractivity contribution in [1.82, 2.24) is 4.98 Å². The standard InChI is InChI=1S/C21H18N2OS/c24-21(18-14-22-19-11-5-4-10-17(18)19)20(15-7-2-1-3-8-15)23-13-16-9-6-12-25-16/h1-12,14,20,22-23H,13H2/p+1/t20-/m0/s1. The molecule has 4 rings (SSSR count). The van der Waals surface area contributed by atoms with Crippen LogP contribution in [0.5, 0.6) is 0 Å². The molecule has 1 atom stereocenters. The minimum Gasteiger partial charge on any atom is -0.360 e. The zero-order valence-electron chi connectivity index (χ0n) is 13.7. The molecule has 0 radical (unpaired) electrons. The maximum absolute atomic E-state index is 13.3. The van der Waals surface area contributed by atoms with Gasteiger partial charge in [-0.15, -0.1) is 11.3 Å². The molecule has 0 aliphatic heterocycles. The van der Waals surface area contributed by atoms with E-state index in [9.17, 15) is 4.79 Å². The van der Waals surface area contributed by atoms with Crippen molar-refractivity contribution >= 4 is 28.0 Å². The molecular formula is C21H19N2OS+. The van der Waals surface area contributed by atoms with Crippen molar-refractivity contribution < 1.29 is 10.1 Å². The van der Waals surface area contributed by atoms with Gasteiger partial charge >= 0.3 is 0 Å². The molecule has 3 N–H and O–H groups in total. The first-order valence-corrected chi connectivity index (χ1v) is 9.22. The maximum Gasteiger partial charge on any atom is 0.226 e. The van der Waals surface area contributed by atoms with Gasteiger partial charge in [0.25, 0.3) is 0 Å². The van der Waals surface area contributed by atoms with Crippen LogP contribution in [0.25, 0.3) is 10.9 Å². The fourth-order valence-electron chi connectivity index (χ4n) is 3.16. The number of nitrogens with two attached hydrogens (primary N) is 1. The number of para-hydroxylation sites is 1. The summed E-state index contributed by atoms with van der Waals surface area (Å²) in [6.07, 6.45) is 1.84. The molecule has 0 aliphatic rings. The molecular weight excluding hydrogens is 328 g/mol. The Morgan fingerprint density at radius 2 is 1.80 bits per heavy atom. The first-order chi connectivity index (χ1) is 12.3. The van der Waals surface area contributed by atoms with Crippen LogP contribution in [0.1, 0.15) is 26.8 Å². The summed E-state index contributed by atoms with van der Waals surface area (Å²) in [6.45, 7) is 0.797. The quantitative estimate of drug-likeness (QED) is 0.510. The predicted octanol–water partition coefficient (Wildman–Crippen LogP) is 3.92. The summed E-state index contributed by atoms with van der Waals surface area (Å²) in [4.78, 5) is 17.8. The third kappa shape index (κ3) is 3.27. The summed E-state index contributed by atoms with van der Waals surface area (Å²) in [5, 5.41) is 5.19. The van der Waals surface area contributed by atoms with E-state index >= 15 is 0 Å². The molecule has 2 heterocycles. The lowest BCUT2D eigenvalue weighted by molar-refractivity contribution is -0.696. The highest BCUT2D eigenvalue weighted by molar-refractivity contribution is 7.09. The number of carbonyl (C=O) groups excluding carboxylic acids is 1. The molecule has 0 bridgehead atoms. The lowest BCUT2D eigenvalue weighted by Crippen LogP contribution is -2.85. The predicted molar refractivity (Wildman–Crippen MR) is 102 cm³/mol. The molecule has 0 amide bonds. The van der Waals surface area contributed by atoms with Gasteiger partial charge in [-0.25, -0.2) is 0 Å². The summed E-state index contributed by atoms with van der Waals surface area (Å²) in [5.41, 5.74) is 2.79. The Morgan fingerprint density at radius 1 is 1.00 bits per heavy atom. The fraction of sp³-hybridized carbons (Fsp3) is 0.0952. The number of carbonyl (C=O) groups is 1. The Hall–Kier alpha value is -2.69. The number of quaternary nitrogens is 1. The fourth-order valence-corrected chi connectivity index (χ4v) is 3.84. The van der Waals surface area contributed by atoms with Gasteiger partial charge in [0, 0.05) is 28.2 Å². The highest BCUT2D eigenvalue weighted by Gasteiger charge is 2.27. The van der Waals surface area contributed by atoms with Crippen molar-refractivity contribution in [2.24, 2.45) is 0 Å². The van der Waals surface area contributed by atoms with E-state index in [-0.39, 0.29) is 11.8 Å². The van der Waals surface area contributed by atoms with E-state index in [2.05, 4.69) is 21.7 Å². The third-order valence-corrected chi connectivity index (χ3v) is 5.33. The zero-order valence-corrected chi connectivity index (χ0v) is 14.5. The second-order valence-corrected chi connectivity index (χ2v) is 7.05. The van der Waals surface area contributed by atoms with Gasteiger partial charge in [0.15, 0.2) is 6.04 Å². The van der Waals surface area contributed by atoms with Crippen LogP contribution in [0, 0.1) is 0 Å². The van der Waals surface area contributed by atoms with Gasteiger partial charge in [-0.2, -0.15) is 0 Å². The topological polar surface area (TPSA) is 49.5 Å². The van der Waals surface area contributed by atoms with Crippen LogP contribution in [-0.4, -0.2) is 10.8 Å². The van der Waals surface area contributed by atoms with E-state index in [4.69, 9.17) is 0 Å². The number of fused-ring (bicyclic) bond motifs is 1. The SMILES string of the molecule is O=C(c1c[nH]c2ccccc12)[C@@H]([NH2+]Cc1cccs1)c1ccccc1. The van der Waals surface area contributed by atoms with Gasteiger partial charge in [-0.3, -0.25) is 4.79 Å². The number of ketones is 1. The summed E-state index contributed by atoms with van der Waals surface area (Å²) in [5.74, 6) is 0.139. The van der Waals surface area contributed by atoms with E-state index in [0.29, 0.717) is 0 Å². The van der Waals surface area contributed by atoms with Gasteiger partial charge in [0.2, 0.25) is 5.78 Å². The lowest BCUT2D eigenvalue weighted by Gasteiger charge is -2.14. The molecule has 25 heavy (non-hydrogen) atoms. The van der Waals surface area contributed by atoms with Gasteiger partial charge < -0.3 is 10.3 Å². The zero-order chi connectivity index (χ0) is 17.1. The van der Waals surface area contributed by atoms with Crippen molar-refractivity contribution in [3.63, 3.8) is 0 Å². The Balaban J connectivity index is 1.68. The molecule has 0 spiro atoms. The molecule has 3 nitrogen and oxygen atoms in total. The Kier molecular flexibility index (Phi) is 4.46. The average Bonchev–Trinajstić information content (AvgIpc) is 3.32. The number of thiophene rings is 1. The van der Waals surface area contributed by atoms with Crippen LogP contribution in [0.3, 0.4) is 0 Å². The van der Waals surface area contributed by atoms with E-state index in [1.54, 1.807) is 11.3 Å². The van der Waals surface area contributed by atoms with Crippen molar-refractivity contribution in [3.8, 4) is 0 Å². The molecule has 0 saturated heterocycles. The van der Waals surface area contributed by atoms with E-state index in [1.807, 2.05) is 66.9 Å². The second kappa shape index (κ2) is 7.05. The minimum atomic E-state index is -0.248. The van der Waals surface area contributed by atoms with E-state index < -0.39 is 0 Å². The average molecular weight is 347 g/mol. The molecule has 2 aromatic carbocycles. The second-order valence-electron chi connectivity index (χ2n) is 6.02. The minimum absolute atomic E-state index is 0.139. The van der Waals surface area contributed by atoms with Crippen molar-refractivity contribution in [2.75, 3.05) is 0 Å². The molecule has 0 unspecified atom stereocenters. The molecule has 2 aromatic heterocycles. The number of aromatic amines is 1. The van der Waals surface area contributed by atoms with Crippen molar-refractivity contribution in [2.45, 2.75) is 12.6 Å². The summed E-state index contributed by atoms with van der Waals surface area (Å²) in [6, 6.07) is 21.9. The monoisotopic (exact) mass is 347 g/mol. The number of benzene rings is 2. The molecule has 4 heteroatoms. The van der Waals surface area contributed by atoms with Crippen molar-refractivity contribution in [1.29, 1.82) is 0 Å². The van der Waals surface area contributed by atoms with Crippen molar-refractivity contribution in [3.05, 3.63) is 94.3 Å². The first-order valence-electron chi connectivity index (χ1n) is 8.34. The highest BCUT2D eigenvalue weighted by Crippen LogP contribution is 2.23. The van der Waals surface area contributed by atoms with Crippen LogP contribution in [0.15, 0.2) is 78.3 Å². The number of nitrogens with one attached hydrogen (secondary N) is 1. The maximum atomic E-state index is 13.3. The van der Waals surface area contributed by atoms with Gasteiger partial charge in [0.05, 0.1) is 4.88 Å². The summed E-state index contributed by atoms with van der Waals surface area (Å²) < 4.78 is 0. The number of hydrogen-bond acceptors (Lipinski definition) is 2. The molecule has 4 aromatic rings. The van der Waals surface area contributed by atoms with E-state index in [0.717, 1.165) is 28.6 Å². The van der Waals surface area contributed by atoms with Crippen LogP contribution in [0.4, 0.5) is 0 Å². The number of aromatic nitrogens is 1. The molecule has 124 valence electrons. The van der Waals surface area contributed by atoms with Crippen LogP contribution in [-0.2, 0) is 6.54 Å². The molecule has 0 fully saturated rings. The Labute approximate surface area is 150 Å². The number of Topliss-reactive ketones (excluding diaryl/α,β-unsaturated/α-hetero) is 1. The smallest absolute Gasteiger partial charge is 0.226 e. The van der Waals surface area contributed by atoms with Crippen LogP contribution >= 0.6 is 11.3 Å². The highest BCUT2D eigenvalue weighted by atomic mass is 32.1. The summed E-state index contributed by atoms with van der Waals surface area (Å²) >= 11 is 1.72. The third-order valence-electron chi connectivity index (χ3n) is 4.43. The molecule has 0 saturated carbocycles. The Bertz CT molecular complexity index is 973. The number of rotatable bonds is 6. The number of hydrogen-bond donors (Lipinski definition) is 2. The normalized spacial score (nSPS) is 12.3. The number of H-pyrrole nitrogens is 1. The van der Waals surface area contributed by atoms with Crippen LogP contribution < -0.4 is 5.32 Å². The van der Waals surface area contributed by atoms with Gasteiger partial charge in [0.1, 0.15) is 6.54 Å². The largest absolute Gasteiger partial charge is 0.360 e. The van der Waals surface area contributed by atoms with Crippen LogP contribution in [0.2, 0.25) is 0 Å².